The molecule has 3 aliphatic rings. The second kappa shape index (κ2) is 6.10. The first-order valence-electron chi connectivity index (χ1n) is 9.93. The number of aliphatic imine (C=N–C) groups is 1. The minimum Gasteiger partial charge on any atom is -0.462 e. The van der Waals surface area contributed by atoms with Crippen molar-refractivity contribution in [1.29, 1.82) is 0 Å². The average Bonchev–Trinajstić information content (AvgIpc) is 3.36. The van der Waals surface area contributed by atoms with E-state index in [-0.39, 0.29) is 12.6 Å². The number of amidine groups is 1. The molecule has 1 aromatic carbocycles. The average molecular weight is 397 g/mol. The van der Waals surface area contributed by atoms with Crippen molar-refractivity contribution in [2.45, 2.75) is 18.4 Å². The Bertz CT molecular complexity index is 1280. The highest BCUT2D eigenvalue weighted by Crippen LogP contribution is 2.50. The standard InChI is InChI=1S/C23H19N5O2/c1-28-9-8-19(27-28)16-11-18-21(25-12-16)30-20-7-6-15(5-4-14-2-3-14)10-17(20)23(18)13-29-22(24)26-23/h6-12,14H,2-3,13H2,1H3,(H2,24,26)/t23-/m0/s1. The minimum absolute atomic E-state index is 0.159. The molecule has 4 heterocycles. The molecule has 2 N–H and O–H groups in total. The van der Waals surface area contributed by atoms with Crippen molar-refractivity contribution in [2.75, 3.05) is 6.61 Å². The molecule has 148 valence electrons. The van der Waals surface area contributed by atoms with Gasteiger partial charge in [-0.25, -0.2) is 9.98 Å². The van der Waals surface area contributed by atoms with Gasteiger partial charge in [0, 0.05) is 42.0 Å². The van der Waals surface area contributed by atoms with Crippen molar-refractivity contribution in [2.24, 2.45) is 23.7 Å². The van der Waals surface area contributed by atoms with E-state index < -0.39 is 5.54 Å². The molecule has 1 saturated carbocycles. The lowest BCUT2D eigenvalue weighted by molar-refractivity contribution is 0.262. The molecule has 7 heteroatoms. The van der Waals surface area contributed by atoms with E-state index in [4.69, 9.17) is 20.2 Å². The van der Waals surface area contributed by atoms with Crippen LogP contribution in [-0.4, -0.2) is 27.4 Å². The summed E-state index contributed by atoms with van der Waals surface area (Å²) in [5.41, 5.74) is 9.50. The van der Waals surface area contributed by atoms with Crippen LogP contribution in [0.4, 0.5) is 0 Å². The van der Waals surface area contributed by atoms with E-state index in [1.54, 1.807) is 10.9 Å². The van der Waals surface area contributed by atoms with Crippen molar-refractivity contribution >= 4 is 6.02 Å². The topological polar surface area (TPSA) is 87.6 Å². The molecule has 1 aliphatic carbocycles. The van der Waals surface area contributed by atoms with Gasteiger partial charge >= 0.3 is 0 Å². The fourth-order valence-corrected chi connectivity index (χ4v) is 3.93. The van der Waals surface area contributed by atoms with Gasteiger partial charge in [-0.15, -0.1) is 0 Å². The number of aromatic nitrogens is 3. The Hall–Kier alpha value is -3.79. The highest BCUT2D eigenvalue weighted by Gasteiger charge is 2.47. The molecular weight excluding hydrogens is 378 g/mol. The van der Waals surface area contributed by atoms with Gasteiger partial charge in [0.05, 0.1) is 11.3 Å². The van der Waals surface area contributed by atoms with Crippen LogP contribution in [0.1, 0.15) is 29.5 Å². The van der Waals surface area contributed by atoms with E-state index in [9.17, 15) is 0 Å². The van der Waals surface area contributed by atoms with Crippen LogP contribution in [0.25, 0.3) is 11.3 Å². The van der Waals surface area contributed by atoms with Gasteiger partial charge in [0.2, 0.25) is 5.88 Å². The van der Waals surface area contributed by atoms with Crippen LogP contribution in [0.5, 0.6) is 11.6 Å². The van der Waals surface area contributed by atoms with Crippen LogP contribution in [0.15, 0.2) is 47.7 Å². The fourth-order valence-electron chi connectivity index (χ4n) is 3.93. The normalized spacial score (nSPS) is 21.0. The molecule has 1 spiro atoms. The number of fused-ring (bicyclic) bond motifs is 4. The van der Waals surface area contributed by atoms with E-state index in [2.05, 4.69) is 21.9 Å². The predicted molar refractivity (Wildman–Crippen MR) is 111 cm³/mol. The molecule has 6 rings (SSSR count). The van der Waals surface area contributed by atoms with Gasteiger partial charge in [-0.2, -0.15) is 5.10 Å². The number of hydrogen-bond acceptors (Lipinski definition) is 6. The van der Waals surface area contributed by atoms with Crippen molar-refractivity contribution in [3.8, 4) is 34.7 Å². The molecule has 2 aliphatic heterocycles. The summed E-state index contributed by atoms with van der Waals surface area (Å²) >= 11 is 0. The third-order valence-corrected chi connectivity index (χ3v) is 5.67. The van der Waals surface area contributed by atoms with Crippen LogP contribution in [0, 0.1) is 17.8 Å². The SMILES string of the molecule is Cn1ccc(-c2cnc3c(c2)[C@]2(COC(N)=N2)c2cc(C#CC4CC4)ccc2O3)n1. The monoisotopic (exact) mass is 397 g/mol. The molecule has 0 bridgehead atoms. The summed E-state index contributed by atoms with van der Waals surface area (Å²) in [5, 5.41) is 4.49. The molecule has 0 saturated heterocycles. The molecule has 1 atom stereocenters. The number of nitrogens with two attached hydrogens (primary N) is 1. The quantitative estimate of drug-likeness (QED) is 0.638. The highest BCUT2D eigenvalue weighted by atomic mass is 16.5. The van der Waals surface area contributed by atoms with Crippen LogP contribution in [0.3, 0.4) is 0 Å². The van der Waals surface area contributed by atoms with Crippen molar-refractivity contribution in [3.63, 3.8) is 0 Å². The number of ether oxygens (including phenoxy) is 2. The third kappa shape index (κ3) is 2.65. The smallest absolute Gasteiger partial charge is 0.283 e. The first kappa shape index (κ1) is 17.1. The number of pyridine rings is 1. The predicted octanol–water partition coefficient (Wildman–Crippen LogP) is 2.94. The number of aryl methyl sites for hydroxylation is 1. The molecular formula is C23H19N5O2. The van der Waals surface area contributed by atoms with Gasteiger partial charge in [-0.05, 0) is 43.2 Å². The maximum Gasteiger partial charge on any atom is 0.283 e. The second-order valence-corrected chi connectivity index (χ2v) is 7.91. The molecule has 7 nitrogen and oxygen atoms in total. The Morgan fingerprint density at radius 1 is 1.20 bits per heavy atom. The lowest BCUT2D eigenvalue weighted by Gasteiger charge is -2.32. The van der Waals surface area contributed by atoms with E-state index in [0.717, 1.165) is 27.9 Å². The largest absolute Gasteiger partial charge is 0.462 e. The van der Waals surface area contributed by atoms with Crippen LogP contribution in [-0.2, 0) is 17.3 Å². The number of hydrogen-bond donors (Lipinski definition) is 1. The van der Waals surface area contributed by atoms with E-state index in [0.29, 0.717) is 17.5 Å². The number of benzene rings is 1. The summed E-state index contributed by atoms with van der Waals surface area (Å²) in [4.78, 5) is 9.30. The van der Waals surface area contributed by atoms with Crippen LogP contribution >= 0.6 is 0 Å². The minimum atomic E-state index is -0.817. The van der Waals surface area contributed by atoms with Crippen molar-refractivity contribution in [3.05, 3.63) is 59.4 Å². The molecule has 30 heavy (non-hydrogen) atoms. The van der Waals surface area contributed by atoms with Gasteiger partial charge in [0.1, 0.15) is 12.4 Å². The zero-order chi connectivity index (χ0) is 20.3. The number of rotatable bonds is 1. The summed E-state index contributed by atoms with van der Waals surface area (Å²) in [5.74, 6) is 8.32. The Balaban J connectivity index is 1.52. The Labute approximate surface area is 173 Å². The van der Waals surface area contributed by atoms with Crippen LogP contribution < -0.4 is 10.5 Å². The summed E-state index contributed by atoms with van der Waals surface area (Å²) in [6, 6.07) is 10.1. The van der Waals surface area contributed by atoms with Gasteiger partial charge in [0.15, 0.2) is 5.54 Å². The van der Waals surface area contributed by atoms with Gasteiger partial charge in [0.25, 0.3) is 6.02 Å². The molecule has 0 radical (unpaired) electrons. The fraction of sp³-hybridized carbons (Fsp3) is 0.261. The van der Waals surface area contributed by atoms with E-state index in [1.807, 2.05) is 43.6 Å². The van der Waals surface area contributed by atoms with Crippen molar-refractivity contribution in [1.82, 2.24) is 14.8 Å². The van der Waals surface area contributed by atoms with Gasteiger partial charge in [-0.1, -0.05) is 11.8 Å². The highest BCUT2D eigenvalue weighted by molar-refractivity contribution is 5.77. The Morgan fingerprint density at radius 3 is 2.83 bits per heavy atom. The van der Waals surface area contributed by atoms with Crippen LogP contribution in [0.2, 0.25) is 0 Å². The maximum absolute atomic E-state index is 6.14. The summed E-state index contributed by atoms with van der Waals surface area (Å²) in [6.45, 7) is 0.287. The van der Waals surface area contributed by atoms with Crippen molar-refractivity contribution < 1.29 is 9.47 Å². The first-order chi connectivity index (χ1) is 14.6. The van der Waals surface area contributed by atoms with E-state index >= 15 is 0 Å². The van der Waals surface area contributed by atoms with Gasteiger partial charge < -0.3 is 15.2 Å². The lowest BCUT2D eigenvalue weighted by atomic mass is 9.81. The van der Waals surface area contributed by atoms with E-state index in [1.165, 1.54) is 12.8 Å². The van der Waals surface area contributed by atoms with Gasteiger partial charge in [-0.3, -0.25) is 4.68 Å². The molecule has 3 aromatic rings. The Morgan fingerprint density at radius 2 is 2.10 bits per heavy atom. The summed E-state index contributed by atoms with van der Waals surface area (Å²) in [6.07, 6.45) is 6.04. The second-order valence-electron chi connectivity index (χ2n) is 7.91. The third-order valence-electron chi connectivity index (χ3n) is 5.67. The molecule has 2 aromatic heterocycles. The molecule has 0 unspecified atom stereocenters. The summed E-state index contributed by atoms with van der Waals surface area (Å²) < 4.78 is 13.5. The number of nitrogens with zero attached hydrogens (tertiary/aromatic N) is 4. The molecule has 1 fully saturated rings. The maximum atomic E-state index is 6.14. The molecule has 0 amide bonds. The lowest BCUT2D eigenvalue weighted by Crippen LogP contribution is -2.31. The zero-order valence-electron chi connectivity index (χ0n) is 16.4. The summed E-state index contributed by atoms with van der Waals surface area (Å²) in [7, 11) is 1.89. The Kier molecular flexibility index (Phi) is 3.48. The first-order valence-corrected chi connectivity index (χ1v) is 9.93. The zero-order valence-corrected chi connectivity index (χ0v) is 16.4.